The molecule has 0 radical (unpaired) electrons. The van der Waals surface area contributed by atoms with Crippen molar-refractivity contribution >= 4 is 29.5 Å². The highest BCUT2D eigenvalue weighted by Gasteiger charge is 2.45. The van der Waals surface area contributed by atoms with Crippen LogP contribution in [0.15, 0.2) is 66.9 Å². The molecule has 15 heteroatoms. The molecular formula is C32H32ClF5N4O5. The minimum absolute atomic E-state index is 0.0862. The van der Waals surface area contributed by atoms with Crippen molar-refractivity contribution in [1.29, 1.82) is 0 Å². The molecule has 1 heterocycles. The van der Waals surface area contributed by atoms with Crippen molar-refractivity contribution in [2.45, 2.75) is 56.2 Å². The fourth-order valence-corrected chi connectivity index (χ4v) is 5.52. The number of urea groups is 1. The largest absolute Gasteiger partial charge is 0.468 e. The van der Waals surface area contributed by atoms with E-state index in [-0.39, 0.29) is 47.1 Å². The van der Waals surface area contributed by atoms with Crippen LogP contribution in [-0.2, 0) is 26.3 Å². The van der Waals surface area contributed by atoms with Crippen LogP contribution < -0.4 is 20.7 Å². The number of benzene rings is 2. The monoisotopic (exact) mass is 682 g/mol. The number of hydrogen-bond acceptors (Lipinski definition) is 6. The van der Waals surface area contributed by atoms with Gasteiger partial charge in [0, 0.05) is 30.6 Å². The number of amides is 3. The fraction of sp³-hybridized carbons (Fsp3) is 0.375. The normalized spacial score (nSPS) is 17.7. The maximum Gasteiger partial charge on any atom is 0.461 e. The van der Waals surface area contributed by atoms with Gasteiger partial charge in [0.1, 0.15) is 23.7 Å². The molecule has 1 aliphatic carbocycles. The van der Waals surface area contributed by atoms with E-state index in [0.29, 0.717) is 37.3 Å². The molecule has 1 atom stereocenters. The highest BCUT2D eigenvalue weighted by molar-refractivity contribution is 6.30. The Hall–Kier alpha value is -4.46. The molecule has 1 fully saturated rings. The number of esters is 1. The number of methoxy groups -OCH3 is 1. The number of hydrogen-bond donors (Lipinski definition) is 3. The fourth-order valence-electron chi connectivity index (χ4n) is 5.41. The summed E-state index contributed by atoms with van der Waals surface area (Å²) in [5.41, 5.74) is -1.14. The molecule has 9 nitrogen and oxygen atoms in total. The van der Waals surface area contributed by atoms with Gasteiger partial charge in [-0.3, -0.25) is 14.6 Å². The summed E-state index contributed by atoms with van der Waals surface area (Å²) in [7, 11) is 1.21. The average Bonchev–Trinajstić information content (AvgIpc) is 3.03. The molecule has 252 valence electrons. The Morgan fingerprint density at radius 2 is 1.72 bits per heavy atom. The second kappa shape index (κ2) is 15.4. The van der Waals surface area contributed by atoms with Crippen molar-refractivity contribution in [3.8, 4) is 5.75 Å². The Labute approximate surface area is 272 Å². The number of alkyl halides is 4. The van der Waals surface area contributed by atoms with Crippen LogP contribution in [-0.4, -0.2) is 55.1 Å². The Morgan fingerprint density at radius 1 is 1.02 bits per heavy atom. The molecule has 0 saturated heterocycles. The quantitative estimate of drug-likeness (QED) is 0.166. The van der Waals surface area contributed by atoms with E-state index in [0.717, 1.165) is 12.1 Å². The number of rotatable bonds is 12. The summed E-state index contributed by atoms with van der Waals surface area (Å²) in [6.07, 6.45) is -6.28. The summed E-state index contributed by atoms with van der Waals surface area (Å²) in [4.78, 5) is 41.9. The van der Waals surface area contributed by atoms with Gasteiger partial charge in [-0.15, -0.1) is 0 Å². The third-order valence-corrected chi connectivity index (χ3v) is 7.97. The van der Waals surface area contributed by atoms with Crippen LogP contribution in [0.1, 0.15) is 42.5 Å². The third-order valence-electron chi connectivity index (χ3n) is 7.74. The highest BCUT2D eigenvalue weighted by atomic mass is 35.5. The highest BCUT2D eigenvalue weighted by Crippen LogP contribution is 2.37. The van der Waals surface area contributed by atoms with Gasteiger partial charge in [-0.1, -0.05) is 41.9 Å². The molecule has 0 spiro atoms. The van der Waals surface area contributed by atoms with Gasteiger partial charge in [0.15, 0.2) is 0 Å². The van der Waals surface area contributed by atoms with Crippen LogP contribution in [0.25, 0.3) is 0 Å². The van der Waals surface area contributed by atoms with E-state index in [1.54, 1.807) is 30.3 Å². The number of aromatic nitrogens is 1. The van der Waals surface area contributed by atoms with Crippen molar-refractivity contribution in [2.75, 3.05) is 13.7 Å². The van der Waals surface area contributed by atoms with Gasteiger partial charge in [0.2, 0.25) is 5.91 Å². The lowest BCUT2D eigenvalue weighted by molar-refractivity contribution is -0.253. The van der Waals surface area contributed by atoms with Gasteiger partial charge in [0.25, 0.3) is 0 Å². The molecular weight excluding hydrogens is 651 g/mol. The molecule has 1 aliphatic rings. The zero-order chi connectivity index (χ0) is 34.2. The number of carbonyl (C=O) groups is 3. The Bertz CT molecular complexity index is 1540. The Balaban J connectivity index is 1.66. The lowest BCUT2D eigenvalue weighted by Gasteiger charge is -2.37. The molecule has 1 aromatic heterocycles. The smallest absolute Gasteiger partial charge is 0.461 e. The van der Waals surface area contributed by atoms with Gasteiger partial charge in [-0.2, -0.15) is 17.6 Å². The van der Waals surface area contributed by atoms with E-state index in [4.69, 9.17) is 11.6 Å². The van der Waals surface area contributed by atoms with Gasteiger partial charge >= 0.3 is 24.5 Å². The molecule has 3 amide bonds. The first-order valence-electron chi connectivity index (χ1n) is 14.6. The van der Waals surface area contributed by atoms with Crippen LogP contribution in [0.2, 0.25) is 5.02 Å². The molecule has 1 saturated carbocycles. The lowest BCUT2D eigenvalue weighted by atomic mass is 9.80. The van der Waals surface area contributed by atoms with Crippen molar-refractivity contribution in [1.82, 2.24) is 20.9 Å². The molecule has 4 rings (SSSR count). The van der Waals surface area contributed by atoms with E-state index < -0.39 is 41.6 Å². The second-order valence-corrected chi connectivity index (χ2v) is 11.4. The molecule has 3 aromatic rings. The third kappa shape index (κ3) is 9.31. The second-order valence-electron chi connectivity index (χ2n) is 11.0. The van der Waals surface area contributed by atoms with Crippen LogP contribution in [0.4, 0.5) is 26.7 Å². The summed E-state index contributed by atoms with van der Waals surface area (Å²) in [6.45, 7) is -0.259. The van der Waals surface area contributed by atoms with Gasteiger partial charge in [0.05, 0.1) is 17.8 Å². The standard InChI is InChI=1S/C32H32ClF5N4O5/c1-46-27(43)18-40-28(44)20-7-10-24(11-8-20)41-30(45)42-31(16-19-5-3-2-4-6-19,26-12-9-22(33)17-39-26)21-13-23(34)15-25(14-21)47-32(37,38)29(35)36/h2-6,9,12-15,17,20,24,29H,7-8,10-11,16,18H2,1H3,(H,40,44)(H2,41,42,45)/t20-,24+,31-/m0/s1. The first kappa shape index (κ1) is 35.4. The number of halogens is 6. The van der Waals surface area contributed by atoms with Crippen LogP contribution in [0.3, 0.4) is 0 Å². The van der Waals surface area contributed by atoms with Gasteiger partial charge < -0.3 is 25.4 Å². The SMILES string of the molecule is COC(=O)CNC(=O)[C@H]1CC[C@@H](NC(=O)N[C@@](Cc2ccccc2)(c2cc(F)cc(OC(F)(F)C(F)F)c2)c2ccc(Cl)cn2)CC1. The van der Waals surface area contributed by atoms with Crippen molar-refractivity contribution in [3.63, 3.8) is 0 Å². The first-order chi connectivity index (χ1) is 22.3. The number of nitrogens with one attached hydrogen (secondary N) is 3. The first-order valence-corrected chi connectivity index (χ1v) is 14.9. The molecule has 3 N–H and O–H groups in total. The summed E-state index contributed by atoms with van der Waals surface area (Å²) in [5, 5.41) is 8.46. The zero-order valence-electron chi connectivity index (χ0n) is 25.1. The summed E-state index contributed by atoms with van der Waals surface area (Å²) >= 11 is 6.08. The number of nitrogens with zero attached hydrogens (tertiary/aromatic N) is 1. The lowest BCUT2D eigenvalue weighted by Crippen LogP contribution is -2.55. The van der Waals surface area contributed by atoms with Gasteiger partial charge in [-0.25, -0.2) is 9.18 Å². The Morgan fingerprint density at radius 3 is 2.34 bits per heavy atom. The summed E-state index contributed by atoms with van der Waals surface area (Å²) in [5.74, 6) is -3.27. The predicted octanol–water partition coefficient (Wildman–Crippen LogP) is 5.74. The average molecular weight is 683 g/mol. The molecule has 0 bridgehead atoms. The minimum Gasteiger partial charge on any atom is -0.468 e. The topological polar surface area (TPSA) is 119 Å². The van der Waals surface area contributed by atoms with Crippen molar-refractivity contribution < 1.29 is 45.8 Å². The van der Waals surface area contributed by atoms with Crippen molar-refractivity contribution in [3.05, 3.63) is 94.5 Å². The number of ether oxygens (including phenoxy) is 2. The van der Waals surface area contributed by atoms with E-state index >= 15 is 4.39 Å². The van der Waals surface area contributed by atoms with Crippen molar-refractivity contribution in [2.24, 2.45) is 5.92 Å². The van der Waals surface area contributed by atoms with E-state index in [1.165, 1.54) is 25.4 Å². The maximum absolute atomic E-state index is 15.0. The van der Waals surface area contributed by atoms with Crippen LogP contribution in [0, 0.1) is 11.7 Å². The Kier molecular flexibility index (Phi) is 11.6. The van der Waals surface area contributed by atoms with Crippen LogP contribution in [0.5, 0.6) is 5.75 Å². The minimum atomic E-state index is -4.93. The molecule has 47 heavy (non-hydrogen) atoms. The molecule has 0 unspecified atom stereocenters. The summed E-state index contributed by atoms with van der Waals surface area (Å²) < 4.78 is 77.6. The van der Waals surface area contributed by atoms with E-state index in [2.05, 4.69) is 30.4 Å². The zero-order valence-corrected chi connectivity index (χ0v) is 25.8. The van der Waals surface area contributed by atoms with E-state index in [9.17, 15) is 31.9 Å². The molecule has 0 aliphatic heterocycles. The predicted molar refractivity (Wildman–Crippen MR) is 161 cm³/mol. The maximum atomic E-state index is 15.0. The van der Waals surface area contributed by atoms with E-state index in [1.807, 2.05) is 0 Å². The summed E-state index contributed by atoms with van der Waals surface area (Å²) in [6, 6.07) is 12.9. The van der Waals surface area contributed by atoms with Crippen LogP contribution >= 0.6 is 11.6 Å². The van der Waals surface area contributed by atoms with Gasteiger partial charge in [-0.05, 0) is 61.1 Å². The number of carbonyl (C=O) groups excluding carboxylic acids is 3. The number of pyridine rings is 1. The molecule has 2 aromatic carbocycles.